The Labute approximate surface area is 119 Å². The number of hydrogen-bond acceptors (Lipinski definition) is 2. The molecule has 20 heavy (non-hydrogen) atoms. The highest BCUT2D eigenvalue weighted by atomic mass is 19.1. The molecule has 0 aliphatic rings. The van der Waals surface area contributed by atoms with Crippen LogP contribution in [0.2, 0.25) is 0 Å². The molecule has 0 amide bonds. The summed E-state index contributed by atoms with van der Waals surface area (Å²) < 4.78 is 18.2. The Morgan fingerprint density at radius 2 is 1.85 bits per heavy atom. The van der Waals surface area contributed by atoms with Crippen LogP contribution < -0.4 is 10.5 Å². The second kappa shape index (κ2) is 6.53. The average molecular weight is 273 g/mol. The van der Waals surface area contributed by atoms with Crippen molar-refractivity contribution in [1.82, 2.24) is 0 Å². The fourth-order valence-corrected chi connectivity index (χ4v) is 2.27. The maximum Gasteiger partial charge on any atom is 0.123 e. The second-order valence-corrected chi connectivity index (χ2v) is 5.02. The maximum atomic E-state index is 12.9. The lowest BCUT2D eigenvalue weighted by atomic mass is 9.97. The highest BCUT2D eigenvalue weighted by Gasteiger charge is 2.12. The molecule has 2 aromatic carbocycles. The molecule has 1 atom stereocenters. The molecule has 106 valence electrons. The molecule has 0 aliphatic heterocycles. The summed E-state index contributed by atoms with van der Waals surface area (Å²) >= 11 is 0. The van der Waals surface area contributed by atoms with Gasteiger partial charge in [0.25, 0.3) is 0 Å². The molecular formula is C17H20FNO. The molecule has 0 saturated heterocycles. The van der Waals surface area contributed by atoms with Crippen LogP contribution in [0.4, 0.5) is 4.39 Å². The third-order valence-corrected chi connectivity index (χ3v) is 3.44. The largest absolute Gasteiger partial charge is 0.496 e. The molecule has 0 spiro atoms. The summed E-state index contributed by atoms with van der Waals surface area (Å²) in [5, 5.41) is 0. The highest BCUT2D eigenvalue weighted by Crippen LogP contribution is 2.27. The van der Waals surface area contributed by atoms with Crippen molar-refractivity contribution < 1.29 is 9.13 Å². The lowest BCUT2D eigenvalue weighted by molar-refractivity contribution is 0.404. The minimum atomic E-state index is -0.210. The number of hydrogen-bond donors (Lipinski definition) is 1. The van der Waals surface area contributed by atoms with Gasteiger partial charge in [0, 0.05) is 11.6 Å². The first-order valence-corrected chi connectivity index (χ1v) is 6.74. The van der Waals surface area contributed by atoms with Crippen LogP contribution in [0.25, 0.3) is 0 Å². The fraction of sp³-hybridized carbons (Fsp3) is 0.294. The van der Waals surface area contributed by atoms with Crippen molar-refractivity contribution in [3.05, 3.63) is 65.0 Å². The van der Waals surface area contributed by atoms with E-state index in [9.17, 15) is 4.39 Å². The molecule has 0 bridgehead atoms. The summed E-state index contributed by atoms with van der Waals surface area (Å²) in [6, 6.07) is 12.5. The number of methoxy groups -OCH3 is 1. The molecule has 2 aromatic rings. The maximum absolute atomic E-state index is 12.9. The topological polar surface area (TPSA) is 35.2 Å². The van der Waals surface area contributed by atoms with Crippen LogP contribution >= 0.6 is 0 Å². The summed E-state index contributed by atoms with van der Waals surface area (Å²) in [5.74, 6) is 0.612. The van der Waals surface area contributed by atoms with Crippen molar-refractivity contribution in [3.8, 4) is 5.75 Å². The Kier molecular flexibility index (Phi) is 4.74. The van der Waals surface area contributed by atoms with Gasteiger partial charge in [-0.1, -0.05) is 29.8 Å². The third kappa shape index (κ3) is 3.58. The molecule has 0 aliphatic carbocycles. The Hall–Kier alpha value is -1.87. The van der Waals surface area contributed by atoms with Gasteiger partial charge in [0.2, 0.25) is 0 Å². The number of rotatable bonds is 5. The second-order valence-electron chi connectivity index (χ2n) is 5.02. The van der Waals surface area contributed by atoms with Crippen molar-refractivity contribution in [2.45, 2.75) is 25.8 Å². The third-order valence-electron chi connectivity index (χ3n) is 3.44. The Morgan fingerprint density at radius 3 is 2.50 bits per heavy atom. The Morgan fingerprint density at radius 1 is 1.15 bits per heavy atom. The van der Waals surface area contributed by atoms with Gasteiger partial charge >= 0.3 is 0 Å². The fourth-order valence-electron chi connectivity index (χ4n) is 2.27. The Balaban J connectivity index is 2.06. The van der Waals surface area contributed by atoms with Gasteiger partial charge in [0.1, 0.15) is 11.6 Å². The lowest BCUT2D eigenvalue weighted by Gasteiger charge is -2.16. The van der Waals surface area contributed by atoms with Crippen molar-refractivity contribution in [2.75, 3.05) is 7.11 Å². The molecule has 2 nitrogen and oxygen atoms in total. The van der Waals surface area contributed by atoms with E-state index in [0.29, 0.717) is 0 Å². The van der Waals surface area contributed by atoms with Crippen LogP contribution in [0, 0.1) is 12.7 Å². The highest BCUT2D eigenvalue weighted by molar-refractivity contribution is 5.39. The predicted octanol–water partition coefficient (Wildman–Crippen LogP) is 3.78. The number of nitrogens with two attached hydrogens (primary N) is 1. The van der Waals surface area contributed by atoms with Crippen LogP contribution in [-0.2, 0) is 6.42 Å². The molecule has 0 heterocycles. The zero-order valence-corrected chi connectivity index (χ0v) is 11.9. The SMILES string of the molecule is COc1ccc(C)cc1C(N)CCc1ccc(F)cc1. The van der Waals surface area contributed by atoms with E-state index >= 15 is 0 Å². The summed E-state index contributed by atoms with van der Waals surface area (Å²) in [6.07, 6.45) is 1.62. The lowest BCUT2D eigenvalue weighted by Crippen LogP contribution is -2.13. The summed E-state index contributed by atoms with van der Waals surface area (Å²) in [6.45, 7) is 2.04. The zero-order valence-electron chi connectivity index (χ0n) is 11.9. The van der Waals surface area contributed by atoms with E-state index in [0.717, 1.165) is 35.3 Å². The predicted molar refractivity (Wildman–Crippen MR) is 79.4 cm³/mol. The standard InChI is InChI=1S/C17H20FNO/c1-12-3-10-17(20-2)15(11-12)16(19)9-6-13-4-7-14(18)8-5-13/h3-5,7-8,10-11,16H,6,9,19H2,1-2H3. The van der Waals surface area contributed by atoms with Gasteiger partial charge in [-0.05, 0) is 43.5 Å². The molecule has 2 rings (SSSR count). The number of benzene rings is 2. The minimum absolute atomic E-state index is 0.0881. The van der Waals surface area contributed by atoms with Crippen molar-refractivity contribution >= 4 is 0 Å². The van der Waals surface area contributed by atoms with E-state index in [2.05, 4.69) is 6.07 Å². The molecule has 0 fully saturated rings. The molecule has 2 N–H and O–H groups in total. The van der Waals surface area contributed by atoms with E-state index in [4.69, 9.17) is 10.5 Å². The monoisotopic (exact) mass is 273 g/mol. The van der Waals surface area contributed by atoms with Crippen LogP contribution in [0.3, 0.4) is 0 Å². The van der Waals surface area contributed by atoms with Gasteiger partial charge in [-0.2, -0.15) is 0 Å². The Bertz CT molecular complexity index is 566. The van der Waals surface area contributed by atoms with Gasteiger partial charge in [-0.25, -0.2) is 4.39 Å². The van der Waals surface area contributed by atoms with Gasteiger partial charge in [-0.3, -0.25) is 0 Å². The number of ether oxygens (including phenoxy) is 1. The van der Waals surface area contributed by atoms with Crippen LogP contribution in [-0.4, -0.2) is 7.11 Å². The zero-order chi connectivity index (χ0) is 14.5. The first-order chi connectivity index (χ1) is 9.60. The van der Waals surface area contributed by atoms with Crippen molar-refractivity contribution in [2.24, 2.45) is 5.73 Å². The van der Waals surface area contributed by atoms with Gasteiger partial charge < -0.3 is 10.5 Å². The normalized spacial score (nSPS) is 12.2. The van der Waals surface area contributed by atoms with E-state index in [1.165, 1.54) is 12.1 Å². The van der Waals surface area contributed by atoms with Gasteiger partial charge in [0.15, 0.2) is 0 Å². The van der Waals surface area contributed by atoms with Gasteiger partial charge in [-0.15, -0.1) is 0 Å². The quantitative estimate of drug-likeness (QED) is 0.900. The molecule has 0 radical (unpaired) electrons. The first kappa shape index (κ1) is 14.5. The summed E-state index contributed by atoms with van der Waals surface area (Å²) in [4.78, 5) is 0. The smallest absolute Gasteiger partial charge is 0.123 e. The minimum Gasteiger partial charge on any atom is -0.496 e. The molecule has 3 heteroatoms. The van der Waals surface area contributed by atoms with Crippen LogP contribution in [0.1, 0.15) is 29.2 Å². The van der Waals surface area contributed by atoms with E-state index in [-0.39, 0.29) is 11.9 Å². The van der Waals surface area contributed by atoms with Gasteiger partial charge in [0.05, 0.1) is 7.11 Å². The first-order valence-electron chi connectivity index (χ1n) is 6.74. The number of halogens is 1. The molecule has 0 aromatic heterocycles. The molecular weight excluding hydrogens is 253 g/mol. The number of aryl methyl sites for hydroxylation is 2. The summed E-state index contributed by atoms with van der Waals surface area (Å²) in [7, 11) is 1.65. The molecule has 1 unspecified atom stereocenters. The molecule has 0 saturated carbocycles. The van der Waals surface area contributed by atoms with Crippen LogP contribution in [0.15, 0.2) is 42.5 Å². The average Bonchev–Trinajstić information content (AvgIpc) is 2.46. The summed E-state index contributed by atoms with van der Waals surface area (Å²) in [5.41, 5.74) is 9.54. The van der Waals surface area contributed by atoms with E-state index < -0.39 is 0 Å². The van der Waals surface area contributed by atoms with Crippen molar-refractivity contribution in [3.63, 3.8) is 0 Å². The van der Waals surface area contributed by atoms with E-state index in [1.54, 1.807) is 19.2 Å². The van der Waals surface area contributed by atoms with E-state index in [1.807, 2.05) is 19.1 Å². The van der Waals surface area contributed by atoms with Crippen molar-refractivity contribution in [1.29, 1.82) is 0 Å². The van der Waals surface area contributed by atoms with Crippen LogP contribution in [0.5, 0.6) is 5.75 Å².